The Morgan fingerprint density at radius 1 is 1.35 bits per heavy atom. The Hall–Kier alpha value is -0.730. The first kappa shape index (κ1) is 14.2. The predicted octanol–water partition coefficient (Wildman–Crippen LogP) is 4.91. The molecular formula is C16H20Cl2N2. The van der Waals surface area contributed by atoms with Gasteiger partial charge in [-0.15, -0.1) is 11.6 Å². The third-order valence-corrected chi connectivity index (χ3v) is 5.12. The van der Waals surface area contributed by atoms with Crippen LogP contribution in [-0.2, 0) is 13.0 Å². The molecule has 1 aromatic heterocycles. The number of hydrogen-bond donors (Lipinski definition) is 0. The summed E-state index contributed by atoms with van der Waals surface area (Å²) in [4.78, 5) is 4.73. The maximum atomic E-state index is 6.16. The average Bonchev–Trinajstić information content (AvgIpc) is 3.12. The fraction of sp³-hybridized carbons (Fsp3) is 0.562. The summed E-state index contributed by atoms with van der Waals surface area (Å²) < 4.78 is 2.34. The van der Waals surface area contributed by atoms with E-state index >= 15 is 0 Å². The average molecular weight is 311 g/mol. The molecule has 1 aromatic carbocycles. The summed E-state index contributed by atoms with van der Waals surface area (Å²) in [5, 5.41) is 0.769. The van der Waals surface area contributed by atoms with Crippen LogP contribution in [0.2, 0.25) is 5.02 Å². The number of imidazole rings is 1. The molecule has 2 nitrogen and oxygen atoms in total. The van der Waals surface area contributed by atoms with E-state index in [4.69, 9.17) is 28.2 Å². The molecule has 0 aliphatic heterocycles. The Balaban J connectivity index is 2.06. The minimum absolute atomic E-state index is 0.441. The standard InChI is InChI=1S/C16H20Cl2N2/c1-11(2)16(6-7-16)10-20-14-9-12(18)3-4-13(14)19-15(20)5-8-17/h3-4,9,11H,5-8,10H2,1-2H3. The minimum Gasteiger partial charge on any atom is -0.327 e. The molecule has 0 amide bonds. The van der Waals surface area contributed by atoms with Crippen LogP contribution in [0, 0.1) is 11.3 Å². The van der Waals surface area contributed by atoms with Crippen molar-refractivity contribution in [3.05, 3.63) is 29.0 Å². The van der Waals surface area contributed by atoms with Gasteiger partial charge < -0.3 is 4.57 Å². The molecular weight excluding hydrogens is 291 g/mol. The number of benzene rings is 1. The molecule has 1 aliphatic carbocycles. The van der Waals surface area contributed by atoms with E-state index in [1.165, 1.54) is 12.8 Å². The zero-order chi connectivity index (χ0) is 14.3. The fourth-order valence-electron chi connectivity index (χ4n) is 2.99. The second-order valence-electron chi connectivity index (χ2n) is 6.20. The Labute approximate surface area is 130 Å². The van der Waals surface area contributed by atoms with Gasteiger partial charge in [-0.05, 0) is 42.4 Å². The van der Waals surface area contributed by atoms with Gasteiger partial charge in [-0.25, -0.2) is 4.98 Å². The van der Waals surface area contributed by atoms with Gasteiger partial charge in [0, 0.05) is 23.9 Å². The second kappa shape index (κ2) is 5.23. The summed E-state index contributed by atoms with van der Waals surface area (Å²) >= 11 is 12.1. The lowest BCUT2D eigenvalue weighted by Gasteiger charge is -2.22. The van der Waals surface area contributed by atoms with Crippen LogP contribution >= 0.6 is 23.2 Å². The smallest absolute Gasteiger partial charge is 0.111 e. The van der Waals surface area contributed by atoms with Crippen molar-refractivity contribution in [2.75, 3.05) is 5.88 Å². The largest absolute Gasteiger partial charge is 0.327 e. The van der Waals surface area contributed by atoms with Crippen molar-refractivity contribution >= 4 is 34.2 Å². The maximum Gasteiger partial charge on any atom is 0.111 e. The van der Waals surface area contributed by atoms with E-state index in [0.717, 1.165) is 34.8 Å². The lowest BCUT2D eigenvalue weighted by Crippen LogP contribution is -2.19. The quantitative estimate of drug-likeness (QED) is 0.718. The number of aromatic nitrogens is 2. The lowest BCUT2D eigenvalue weighted by atomic mass is 9.92. The summed E-state index contributed by atoms with van der Waals surface area (Å²) in [6.07, 6.45) is 3.43. The highest BCUT2D eigenvalue weighted by molar-refractivity contribution is 6.31. The van der Waals surface area contributed by atoms with Crippen molar-refractivity contribution in [1.82, 2.24) is 9.55 Å². The van der Waals surface area contributed by atoms with Crippen LogP contribution in [-0.4, -0.2) is 15.4 Å². The van der Waals surface area contributed by atoms with Crippen molar-refractivity contribution in [2.24, 2.45) is 11.3 Å². The van der Waals surface area contributed by atoms with E-state index in [1.54, 1.807) is 0 Å². The van der Waals surface area contributed by atoms with Crippen molar-refractivity contribution in [3.63, 3.8) is 0 Å². The second-order valence-corrected chi connectivity index (χ2v) is 7.02. The summed E-state index contributed by atoms with van der Waals surface area (Å²) in [5.74, 6) is 2.39. The molecule has 2 aromatic rings. The van der Waals surface area contributed by atoms with Gasteiger partial charge in [0.2, 0.25) is 0 Å². The van der Waals surface area contributed by atoms with E-state index in [-0.39, 0.29) is 0 Å². The SMILES string of the molecule is CC(C)C1(Cn2c(CCCl)nc3ccc(Cl)cc32)CC1. The first-order valence-electron chi connectivity index (χ1n) is 7.26. The molecule has 4 heteroatoms. The van der Waals surface area contributed by atoms with Gasteiger partial charge in [0.25, 0.3) is 0 Å². The van der Waals surface area contributed by atoms with Gasteiger partial charge >= 0.3 is 0 Å². The van der Waals surface area contributed by atoms with Gasteiger partial charge in [-0.3, -0.25) is 0 Å². The van der Waals surface area contributed by atoms with Gasteiger partial charge in [0.15, 0.2) is 0 Å². The number of halogens is 2. The third kappa shape index (κ3) is 2.44. The van der Waals surface area contributed by atoms with Gasteiger partial charge in [0.1, 0.15) is 5.82 Å². The molecule has 1 saturated carbocycles. The van der Waals surface area contributed by atoms with E-state index in [2.05, 4.69) is 18.4 Å². The molecule has 0 spiro atoms. The summed E-state index contributed by atoms with van der Waals surface area (Å²) in [5.41, 5.74) is 2.61. The summed E-state index contributed by atoms with van der Waals surface area (Å²) in [6.45, 7) is 5.67. The molecule has 1 fully saturated rings. The van der Waals surface area contributed by atoms with Crippen molar-refractivity contribution in [3.8, 4) is 0 Å². The van der Waals surface area contributed by atoms with E-state index in [1.807, 2.05) is 18.2 Å². The van der Waals surface area contributed by atoms with Crippen molar-refractivity contribution < 1.29 is 0 Å². The topological polar surface area (TPSA) is 17.8 Å². The van der Waals surface area contributed by atoms with Crippen LogP contribution < -0.4 is 0 Å². The summed E-state index contributed by atoms with van der Waals surface area (Å²) in [7, 11) is 0. The normalized spacial score (nSPS) is 17.1. The van der Waals surface area contributed by atoms with Gasteiger partial charge in [0.05, 0.1) is 11.0 Å². The number of rotatable bonds is 5. The molecule has 0 unspecified atom stereocenters. The van der Waals surface area contributed by atoms with Crippen LogP contribution in [0.15, 0.2) is 18.2 Å². The van der Waals surface area contributed by atoms with Gasteiger partial charge in [-0.1, -0.05) is 25.4 Å². The van der Waals surface area contributed by atoms with Gasteiger partial charge in [-0.2, -0.15) is 0 Å². The fourth-order valence-corrected chi connectivity index (χ4v) is 3.33. The molecule has 0 saturated heterocycles. The molecule has 0 N–H and O–H groups in total. The van der Waals surface area contributed by atoms with Crippen LogP contribution in [0.5, 0.6) is 0 Å². The van der Waals surface area contributed by atoms with E-state index < -0.39 is 0 Å². The first-order chi connectivity index (χ1) is 9.55. The Morgan fingerprint density at radius 2 is 2.10 bits per heavy atom. The zero-order valence-corrected chi connectivity index (χ0v) is 13.5. The molecule has 0 atom stereocenters. The molecule has 1 heterocycles. The number of hydrogen-bond acceptors (Lipinski definition) is 1. The number of aryl methyl sites for hydroxylation is 1. The molecule has 108 valence electrons. The van der Waals surface area contributed by atoms with Crippen molar-refractivity contribution in [1.29, 1.82) is 0 Å². The Kier molecular flexibility index (Phi) is 3.72. The number of nitrogens with zero attached hydrogens (tertiary/aromatic N) is 2. The Bertz CT molecular complexity index is 627. The van der Waals surface area contributed by atoms with Crippen LogP contribution in [0.3, 0.4) is 0 Å². The van der Waals surface area contributed by atoms with Crippen LogP contribution in [0.4, 0.5) is 0 Å². The van der Waals surface area contributed by atoms with E-state index in [9.17, 15) is 0 Å². The highest BCUT2D eigenvalue weighted by atomic mass is 35.5. The molecule has 20 heavy (non-hydrogen) atoms. The maximum absolute atomic E-state index is 6.16. The molecule has 0 radical (unpaired) electrons. The van der Waals surface area contributed by atoms with Crippen LogP contribution in [0.1, 0.15) is 32.5 Å². The predicted molar refractivity (Wildman–Crippen MR) is 85.7 cm³/mol. The first-order valence-corrected chi connectivity index (χ1v) is 8.18. The minimum atomic E-state index is 0.441. The van der Waals surface area contributed by atoms with E-state index in [0.29, 0.717) is 17.2 Å². The number of fused-ring (bicyclic) bond motifs is 1. The lowest BCUT2D eigenvalue weighted by molar-refractivity contribution is 0.309. The zero-order valence-electron chi connectivity index (χ0n) is 12.0. The van der Waals surface area contributed by atoms with Crippen molar-refractivity contribution in [2.45, 2.75) is 39.7 Å². The monoisotopic (exact) mass is 310 g/mol. The highest BCUT2D eigenvalue weighted by Crippen LogP contribution is 2.53. The molecule has 0 bridgehead atoms. The van der Waals surface area contributed by atoms with Crippen LogP contribution in [0.25, 0.3) is 11.0 Å². The third-order valence-electron chi connectivity index (χ3n) is 4.70. The Morgan fingerprint density at radius 3 is 2.70 bits per heavy atom. The highest BCUT2D eigenvalue weighted by Gasteiger charge is 2.46. The summed E-state index contributed by atoms with van der Waals surface area (Å²) in [6, 6.07) is 5.93. The molecule has 3 rings (SSSR count). The number of alkyl halides is 1. The molecule has 1 aliphatic rings.